The van der Waals surface area contributed by atoms with E-state index in [1.807, 2.05) is 25.1 Å². The smallest absolute Gasteiger partial charge is 0.309 e. The fraction of sp³-hybridized carbons (Fsp3) is 0.476. The molecule has 8 heteroatoms. The van der Waals surface area contributed by atoms with Crippen LogP contribution in [0.1, 0.15) is 42.1 Å². The Morgan fingerprint density at radius 2 is 2.07 bits per heavy atom. The number of nitrogens with one attached hydrogen (secondary N) is 1. The number of carbonyl (C=O) groups excluding carboxylic acids is 1. The van der Waals surface area contributed by atoms with E-state index in [1.165, 1.54) is 7.11 Å². The number of hydrogen-bond donors (Lipinski definition) is 3. The number of hydrogen-bond acceptors (Lipinski definition) is 8. The number of ether oxygens (including phenoxy) is 2. The second-order valence-corrected chi connectivity index (χ2v) is 6.88. The van der Waals surface area contributed by atoms with Crippen LogP contribution in [0.4, 0.5) is 11.8 Å². The van der Waals surface area contributed by atoms with Gasteiger partial charge in [-0.3, -0.25) is 4.79 Å². The first-order valence-electron chi connectivity index (χ1n) is 9.64. The first-order chi connectivity index (χ1) is 13.9. The van der Waals surface area contributed by atoms with E-state index in [9.17, 15) is 9.90 Å². The average Bonchev–Trinajstić information content (AvgIpc) is 2.70. The van der Waals surface area contributed by atoms with E-state index in [0.717, 1.165) is 35.2 Å². The van der Waals surface area contributed by atoms with E-state index < -0.39 is 0 Å². The largest absolute Gasteiger partial charge is 0.496 e. The number of carbonyl (C=O) groups is 1. The quantitative estimate of drug-likeness (QED) is 0.518. The van der Waals surface area contributed by atoms with E-state index in [-0.39, 0.29) is 31.0 Å². The van der Waals surface area contributed by atoms with Crippen LogP contribution in [0, 0.1) is 6.92 Å². The van der Waals surface area contributed by atoms with Crippen molar-refractivity contribution in [3.05, 3.63) is 40.6 Å². The van der Waals surface area contributed by atoms with Crippen molar-refractivity contribution in [1.82, 2.24) is 9.97 Å². The Kier molecular flexibility index (Phi) is 8.21. The van der Waals surface area contributed by atoms with E-state index in [2.05, 4.69) is 22.2 Å². The van der Waals surface area contributed by atoms with Crippen LogP contribution in [-0.2, 0) is 22.4 Å². The third-order valence-electron chi connectivity index (χ3n) is 4.72. The number of esters is 1. The number of anilines is 2. The van der Waals surface area contributed by atoms with Gasteiger partial charge in [-0.1, -0.05) is 25.5 Å². The van der Waals surface area contributed by atoms with Crippen molar-refractivity contribution in [3.8, 4) is 5.75 Å². The number of nitrogens with two attached hydrogens (primary N) is 1. The minimum Gasteiger partial charge on any atom is -0.496 e. The third kappa shape index (κ3) is 6.05. The molecule has 0 bridgehead atoms. The molecule has 0 saturated heterocycles. The average molecular weight is 402 g/mol. The Hall–Kier alpha value is -2.87. The van der Waals surface area contributed by atoms with E-state index in [4.69, 9.17) is 15.2 Å². The summed E-state index contributed by atoms with van der Waals surface area (Å²) in [6.07, 6.45) is 2.39. The van der Waals surface area contributed by atoms with E-state index in [1.54, 1.807) is 7.11 Å². The molecule has 0 aliphatic carbocycles. The molecule has 2 aromatic rings. The molecule has 0 fully saturated rings. The second kappa shape index (κ2) is 10.6. The fourth-order valence-corrected chi connectivity index (χ4v) is 3.21. The van der Waals surface area contributed by atoms with Crippen LogP contribution in [0.3, 0.4) is 0 Å². The predicted molar refractivity (Wildman–Crippen MR) is 112 cm³/mol. The minimum atomic E-state index is -0.305. The lowest BCUT2D eigenvalue weighted by Crippen LogP contribution is -2.25. The van der Waals surface area contributed by atoms with Crippen molar-refractivity contribution < 1.29 is 19.4 Å². The van der Waals surface area contributed by atoms with Crippen LogP contribution in [0.15, 0.2) is 18.2 Å². The van der Waals surface area contributed by atoms with Crippen LogP contribution in [-0.4, -0.2) is 47.9 Å². The molecule has 29 heavy (non-hydrogen) atoms. The SMILES string of the molecule is CCCC(CO)Nc1nc(N)nc(C)c1Cc1cc(CC(=O)OC)ccc1OC. The molecule has 1 atom stereocenters. The number of aliphatic hydroxyl groups is 1. The number of aliphatic hydroxyl groups excluding tert-OH is 1. The van der Waals surface area contributed by atoms with Crippen molar-refractivity contribution in [1.29, 1.82) is 0 Å². The summed E-state index contributed by atoms with van der Waals surface area (Å²) in [5.74, 6) is 1.17. The lowest BCUT2D eigenvalue weighted by atomic mass is 9.99. The summed E-state index contributed by atoms with van der Waals surface area (Å²) in [6.45, 7) is 3.92. The molecule has 158 valence electrons. The van der Waals surface area contributed by atoms with Gasteiger partial charge in [0.1, 0.15) is 11.6 Å². The topological polar surface area (TPSA) is 120 Å². The molecule has 0 radical (unpaired) electrons. The van der Waals surface area contributed by atoms with E-state index >= 15 is 0 Å². The minimum absolute atomic E-state index is 0.00578. The van der Waals surface area contributed by atoms with Crippen LogP contribution in [0.5, 0.6) is 5.75 Å². The summed E-state index contributed by atoms with van der Waals surface area (Å²) >= 11 is 0. The molecule has 0 amide bonds. The van der Waals surface area contributed by atoms with E-state index in [0.29, 0.717) is 18.0 Å². The van der Waals surface area contributed by atoms with Gasteiger partial charge in [0, 0.05) is 17.7 Å². The zero-order chi connectivity index (χ0) is 21.4. The summed E-state index contributed by atoms with van der Waals surface area (Å²) < 4.78 is 10.3. The van der Waals surface area contributed by atoms with Gasteiger partial charge in [0.05, 0.1) is 33.3 Å². The molecule has 8 nitrogen and oxygen atoms in total. The number of aryl methyl sites for hydroxylation is 1. The summed E-state index contributed by atoms with van der Waals surface area (Å²) in [6, 6.07) is 5.47. The molecule has 1 heterocycles. The molecule has 2 rings (SSSR count). The van der Waals surface area contributed by atoms with Gasteiger partial charge in [0.15, 0.2) is 0 Å². The van der Waals surface area contributed by atoms with Gasteiger partial charge >= 0.3 is 5.97 Å². The van der Waals surface area contributed by atoms with Gasteiger partial charge in [-0.2, -0.15) is 4.98 Å². The van der Waals surface area contributed by atoms with Gasteiger partial charge < -0.3 is 25.6 Å². The lowest BCUT2D eigenvalue weighted by molar-refractivity contribution is -0.139. The molecular weight excluding hydrogens is 372 g/mol. The van der Waals surface area contributed by atoms with Crippen LogP contribution < -0.4 is 15.8 Å². The molecule has 0 aliphatic heterocycles. The zero-order valence-corrected chi connectivity index (χ0v) is 17.5. The van der Waals surface area contributed by atoms with Gasteiger partial charge in [0.2, 0.25) is 5.95 Å². The monoisotopic (exact) mass is 402 g/mol. The molecular formula is C21H30N4O4. The molecule has 1 aromatic heterocycles. The van der Waals surface area contributed by atoms with Gasteiger partial charge in [-0.05, 0) is 30.5 Å². The third-order valence-corrected chi connectivity index (χ3v) is 4.72. The second-order valence-electron chi connectivity index (χ2n) is 6.88. The first-order valence-corrected chi connectivity index (χ1v) is 9.64. The number of aromatic nitrogens is 2. The highest BCUT2D eigenvalue weighted by Gasteiger charge is 2.17. The number of nitrogen functional groups attached to an aromatic ring is 1. The summed E-state index contributed by atoms with van der Waals surface area (Å²) in [4.78, 5) is 20.3. The Balaban J connectivity index is 2.42. The Bertz CT molecular complexity index is 842. The Morgan fingerprint density at radius 3 is 2.69 bits per heavy atom. The van der Waals surface area contributed by atoms with Crippen molar-refractivity contribution >= 4 is 17.7 Å². The summed E-state index contributed by atoms with van der Waals surface area (Å²) in [7, 11) is 2.97. The first kappa shape index (κ1) is 22.4. The van der Waals surface area contributed by atoms with Gasteiger partial charge in [-0.15, -0.1) is 0 Å². The maximum Gasteiger partial charge on any atom is 0.309 e. The molecule has 0 aliphatic rings. The molecule has 1 unspecified atom stereocenters. The van der Waals surface area contributed by atoms with Crippen LogP contribution >= 0.6 is 0 Å². The van der Waals surface area contributed by atoms with Gasteiger partial charge in [0.25, 0.3) is 0 Å². The molecule has 0 saturated carbocycles. The van der Waals surface area contributed by atoms with Crippen molar-refractivity contribution in [2.45, 2.75) is 45.6 Å². The standard InChI is InChI=1S/C21H30N4O4/c1-5-6-16(12-26)24-20-17(13(2)23-21(22)25-20)11-15-9-14(10-19(27)29-4)7-8-18(15)28-3/h7-9,16,26H,5-6,10-12H2,1-4H3,(H3,22,23,24,25). The number of nitrogens with zero attached hydrogens (tertiary/aromatic N) is 2. The molecule has 1 aromatic carbocycles. The number of rotatable bonds is 10. The summed E-state index contributed by atoms with van der Waals surface area (Å²) in [5, 5.41) is 13.0. The van der Waals surface area contributed by atoms with Crippen molar-refractivity contribution in [3.63, 3.8) is 0 Å². The number of benzene rings is 1. The maximum absolute atomic E-state index is 11.6. The molecule has 0 spiro atoms. The number of methoxy groups -OCH3 is 2. The normalized spacial score (nSPS) is 11.8. The highest BCUT2D eigenvalue weighted by Crippen LogP contribution is 2.28. The van der Waals surface area contributed by atoms with Crippen LogP contribution in [0.2, 0.25) is 0 Å². The molecule has 4 N–H and O–H groups in total. The highest BCUT2D eigenvalue weighted by atomic mass is 16.5. The lowest BCUT2D eigenvalue weighted by Gasteiger charge is -2.20. The Labute approximate surface area is 171 Å². The zero-order valence-electron chi connectivity index (χ0n) is 17.5. The van der Waals surface area contributed by atoms with Crippen molar-refractivity contribution in [2.75, 3.05) is 31.9 Å². The Morgan fingerprint density at radius 1 is 1.31 bits per heavy atom. The highest BCUT2D eigenvalue weighted by molar-refractivity contribution is 5.72. The fourth-order valence-electron chi connectivity index (χ4n) is 3.21. The predicted octanol–water partition coefficient (Wildman–Crippen LogP) is 2.26. The van der Waals surface area contributed by atoms with Crippen molar-refractivity contribution in [2.24, 2.45) is 0 Å². The maximum atomic E-state index is 11.6. The van der Waals surface area contributed by atoms with Gasteiger partial charge in [-0.25, -0.2) is 4.98 Å². The summed E-state index contributed by atoms with van der Waals surface area (Å²) in [5.41, 5.74) is 9.19. The van der Waals surface area contributed by atoms with Crippen LogP contribution in [0.25, 0.3) is 0 Å².